The van der Waals surface area contributed by atoms with Crippen molar-refractivity contribution in [3.63, 3.8) is 0 Å². The summed E-state index contributed by atoms with van der Waals surface area (Å²) in [6.07, 6.45) is 0. The molecule has 1 N–H and O–H groups in total. The van der Waals surface area contributed by atoms with Gasteiger partial charge in [-0.25, -0.2) is 0 Å². The van der Waals surface area contributed by atoms with Gasteiger partial charge in [0.25, 0.3) is 0 Å². The third-order valence-electron chi connectivity index (χ3n) is 2.88. The van der Waals surface area contributed by atoms with E-state index in [0.717, 1.165) is 16.8 Å². The molecule has 0 saturated carbocycles. The van der Waals surface area contributed by atoms with Gasteiger partial charge in [0.1, 0.15) is 5.75 Å². The highest BCUT2D eigenvalue weighted by atomic mass is 79.9. The molecule has 0 spiro atoms. The summed E-state index contributed by atoms with van der Waals surface area (Å²) in [4.78, 5) is 0. The van der Waals surface area contributed by atoms with E-state index in [2.05, 4.69) is 51.1 Å². The first kappa shape index (κ1) is 14.6. The monoisotopic (exact) mass is 339 g/mol. The first-order valence-electron chi connectivity index (χ1n) is 6.44. The second-order valence-corrected chi connectivity index (χ2v) is 5.80. The van der Waals surface area contributed by atoms with Gasteiger partial charge >= 0.3 is 0 Å². The lowest BCUT2D eigenvalue weighted by atomic mass is 10.0. The van der Waals surface area contributed by atoms with Crippen molar-refractivity contribution in [1.29, 1.82) is 0 Å². The molecule has 1 heterocycles. The predicted octanol–water partition coefficient (Wildman–Crippen LogP) is 4.61. The van der Waals surface area contributed by atoms with Crippen LogP contribution in [0, 0.1) is 0 Å². The van der Waals surface area contributed by atoms with Gasteiger partial charge < -0.3 is 10.1 Å². The van der Waals surface area contributed by atoms with Gasteiger partial charge in [-0.3, -0.25) is 0 Å². The van der Waals surface area contributed by atoms with Gasteiger partial charge in [-0.2, -0.15) is 11.3 Å². The maximum Gasteiger partial charge on any atom is 0.120 e. The molecule has 1 aromatic heterocycles. The van der Waals surface area contributed by atoms with Crippen LogP contribution < -0.4 is 10.1 Å². The van der Waals surface area contributed by atoms with E-state index in [1.54, 1.807) is 11.3 Å². The van der Waals surface area contributed by atoms with Crippen LogP contribution in [-0.4, -0.2) is 13.2 Å². The third kappa shape index (κ3) is 3.59. The molecule has 0 bridgehead atoms. The standard InChI is InChI=1S/C15H18BrNOS/c1-3-17-15(11-7-8-19-10-11)13-6-5-12(18-4-2)9-14(13)16/h5-10,15,17H,3-4H2,1-2H3. The minimum atomic E-state index is 0.223. The number of thiophene rings is 1. The van der Waals surface area contributed by atoms with Gasteiger partial charge in [0, 0.05) is 4.47 Å². The van der Waals surface area contributed by atoms with E-state index in [1.165, 1.54) is 11.1 Å². The second kappa shape index (κ2) is 7.08. The summed E-state index contributed by atoms with van der Waals surface area (Å²) >= 11 is 5.38. The zero-order valence-electron chi connectivity index (χ0n) is 11.2. The lowest BCUT2D eigenvalue weighted by molar-refractivity contribution is 0.340. The molecule has 2 nitrogen and oxygen atoms in total. The van der Waals surface area contributed by atoms with Gasteiger partial charge in [-0.1, -0.05) is 28.9 Å². The Morgan fingerprint density at radius 3 is 2.74 bits per heavy atom. The summed E-state index contributed by atoms with van der Waals surface area (Å²) in [7, 11) is 0. The number of hydrogen-bond donors (Lipinski definition) is 1. The van der Waals surface area contributed by atoms with Crippen LogP contribution in [0.15, 0.2) is 39.5 Å². The molecular weight excluding hydrogens is 322 g/mol. The van der Waals surface area contributed by atoms with E-state index < -0.39 is 0 Å². The van der Waals surface area contributed by atoms with Crippen molar-refractivity contribution in [2.45, 2.75) is 19.9 Å². The van der Waals surface area contributed by atoms with Gasteiger partial charge in [0.05, 0.1) is 12.6 Å². The number of nitrogens with one attached hydrogen (secondary N) is 1. The van der Waals surface area contributed by atoms with Gasteiger partial charge in [-0.05, 0) is 53.6 Å². The van der Waals surface area contributed by atoms with Crippen molar-refractivity contribution in [1.82, 2.24) is 5.32 Å². The molecule has 1 unspecified atom stereocenters. The van der Waals surface area contributed by atoms with E-state index in [4.69, 9.17) is 4.74 Å². The van der Waals surface area contributed by atoms with Crippen LogP contribution in [0.2, 0.25) is 0 Å². The summed E-state index contributed by atoms with van der Waals surface area (Å²) in [5.41, 5.74) is 2.54. The van der Waals surface area contributed by atoms with Gasteiger partial charge in [-0.15, -0.1) is 0 Å². The average Bonchev–Trinajstić information content (AvgIpc) is 2.91. The Balaban J connectivity index is 2.32. The van der Waals surface area contributed by atoms with Crippen LogP contribution in [0.4, 0.5) is 0 Å². The molecule has 0 amide bonds. The van der Waals surface area contributed by atoms with Gasteiger partial charge in [0.15, 0.2) is 0 Å². The molecule has 0 aliphatic rings. The summed E-state index contributed by atoms with van der Waals surface area (Å²) in [6, 6.07) is 8.58. The number of hydrogen-bond acceptors (Lipinski definition) is 3. The highest BCUT2D eigenvalue weighted by molar-refractivity contribution is 9.10. The molecule has 0 aliphatic heterocycles. The normalized spacial score (nSPS) is 12.4. The third-order valence-corrected chi connectivity index (χ3v) is 4.27. The van der Waals surface area contributed by atoms with Crippen LogP contribution in [0.3, 0.4) is 0 Å². The molecule has 4 heteroatoms. The first-order valence-corrected chi connectivity index (χ1v) is 8.17. The lowest BCUT2D eigenvalue weighted by Crippen LogP contribution is -2.21. The molecule has 19 heavy (non-hydrogen) atoms. The largest absolute Gasteiger partial charge is 0.494 e. The van der Waals surface area contributed by atoms with Crippen molar-refractivity contribution >= 4 is 27.3 Å². The smallest absolute Gasteiger partial charge is 0.120 e. The van der Waals surface area contributed by atoms with E-state index in [-0.39, 0.29) is 6.04 Å². The molecule has 1 aromatic carbocycles. The molecule has 0 saturated heterocycles. The Labute approximate surface area is 126 Å². The van der Waals surface area contributed by atoms with Crippen LogP contribution in [0.1, 0.15) is 31.0 Å². The van der Waals surface area contributed by atoms with E-state index in [0.29, 0.717) is 6.61 Å². The first-order chi connectivity index (χ1) is 9.26. The maximum atomic E-state index is 5.52. The van der Waals surface area contributed by atoms with Crippen molar-refractivity contribution < 1.29 is 4.74 Å². The number of benzene rings is 1. The van der Waals surface area contributed by atoms with Crippen LogP contribution in [0.5, 0.6) is 5.75 Å². The summed E-state index contributed by atoms with van der Waals surface area (Å²) in [6.45, 7) is 5.74. The summed E-state index contributed by atoms with van der Waals surface area (Å²) in [5, 5.41) is 7.83. The van der Waals surface area contributed by atoms with Gasteiger partial charge in [0.2, 0.25) is 0 Å². The second-order valence-electron chi connectivity index (χ2n) is 4.16. The number of rotatable bonds is 6. The average molecular weight is 340 g/mol. The molecule has 102 valence electrons. The van der Waals surface area contributed by atoms with E-state index in [1.807, 2.05) is 19.1 Å². The quantitative estimate of drug-likeness (QED) is 0.829. The Morgan fingerprint density at radius 1 is 1.32 bits per heavy atom. The minimum Gasteiger partial charge on any atom is -0.494 e. The molecule has 0 aliphatic carbocycles. The molecule has 2 aromatic rings. The lowest BCUT2D eigenvalue weighted by Gasteiger charge is -2.19. The van der Waals surface area contributed by atoms with Crippen molar-refractivity contribution in [3.05, 3.63) is 50.6 Å². The van der Waals surface area contributed by atoms with E-state index >= 15 is 0 Å². The topological polar surface area (TPSA) is 21.3 Å². The van der Waals surface area contributed by atoms with Crippen LogP contribution in [-0.2, 0) is 0 Å². The highest BCUT2D eigenvalue weighted by Crippen LogP contribution is 2.32. The fraction of sp³-hybridized carbons (Fsp3) is 0.333. The zero-order valence-corrected chi connectivity index (χ0v) is 13.6. The molecule has 0 fully saturated rings. The Bertz CT molecular complexity index is 513. The molecule has 2 rings (SSSR count). The fourth-order valence-electron chi connectivity index (χ4n) is 2.05. The summed E-state index contributed by atoms with van der Waals surface area (Å²) in [5.74, 6) is 0.902. The van der Waals surface area contributed by atoms with Crippen LogP contribution >= 0.6 is 27.3 Å². The van der Waals surface area contributed by atoms with Crippen molar-refractivity contribution in [2.75, 3.05) is 13.2 Å². The predicted molar refractivity (Wildman–Crippen MR) is 85.1 cm³/mol. The molecule has 1 atom stereocenters. The Kier molecular flexibility index (Phi) is 5.43. The van der Waals surface area contributed by atoms with Crippen LogP contribution in [0.25, 0.3) is 0 Å². The Morgan fingerprint density at radius 2 is 2.16 bits per heavy atom. The van der Waals surface area contributed by atoms with E-state index in [9.17, 15) is 0 Å². The zero-order chi connectivity index (χ0) is 13.7. The molecular formula is C15H18BrNOS. The Hall–Kier alpha value is -0.840. The number of halogens is 1. The number of ether oxygens (including phenoxy) is 1. The maximum absolute atomic E-state index is 5.52. The van der Waals surface area contributed by atoms with Crippen molar-refractivity contribution in [2.24, 2.45) is 0 Å². The van der Waals surface area contributed by atoms with Crippen molar-refractivity contribution in [3.8, 4) is 5.75 Å². The molecule has 0 radical (unpaired) electrons. The summed E-state index contributed by atoms with van der Waals surface area (Å²) < 4.78 is 6.60. The minimum absolute atomic E-state index is 0.223. The fourth-order valence-corrected chi connectivity index (χ4v) is 3.32. The SMILES string of the molecule is CCNC(c1ccsc1)c1ccc(OCC)cc1Br. The highest BCUT2D eigenvalue weighted by Gasteiger charge is 2.16.